The van der Waals surface area contributed by atoms with Gasteiger partial charge in [0.15, 0.2) is 5.96 Å². The van der Waals surface area contributed by atoms with Crippen molar-refractivity contribution in [1.82, 2.24) is 10.2 Å². The third kappa shape index (κ3) is 4.51. The fourth-order valence-electron chi connectivity index (χ4n) is 3.03. The topological polar surface area (TPSA) is 30.9 Å². The first-order valence-corrected chi connectivity index (χ1v) is 10.3. The van der Waals surface area contributed by atoms with Gasteiger partial charge in [0.1, 0.15) is 0 Å². The van der Waals surface area contributed by atoms with Gasteiger partial charge in [-0.1, -0.05) is 13.0 Å². The van der Waals surface area contributed by atoms with Crippen molar-refractivity contribution >= 4 is 33.6 Å². The van der Waals surface area contributed by atoms with E-state index in [1.807, 2.05) is 29.7 Å². The third-order valence-corrected chi connectivity index (χ3v) is 6.17. The number of nitrogens with zero attached hydrogens (tertiary/aromatic N) is 3. The largest absolute Gasteiger partial charge is 0.360 e. The van der Waals surface area contributed by atoms with Crippen molar-refractivity contribution in [3.05, 3.63) is 39.9 Å². The summed E-state index contributed by atoms with van der Waals surface area (Å²) in [5.74, 6) is 1.65. The summed E-state index contributed by atoms with van der Waals surface area (Å²) in [6, 6.07) is 8.69. The van der Waals surface area contributed by atoms with Crippen LogP contribution in [-0.4, -0.2) is 50.6 Å². The number of guanidine groups is 1. The molecule has 6 heteroatoms. The van der Waals surface area contributed by atoms with Gasteiger partial charge in [0.05, 0.1) is 5.00 Å². The normalized spacial score (nSPS) is 17.2. The zero-order chi connectivity index (χ0) is 16.8. The maximum atomic E-state index is 4.49. The molecule has 0 bridgehead atoms. The number of aliphatic imine (C=N–C) groups is 1. The molecule has 1 N–H and O–H groups in total. The van der Waals surface area contributed by atoms with Crippen LogP contribution in [0.3, 0.4) is 0 Å². The molecule has 1 fully saturated rings. The van der Waals surface area contributed by atoms with Crippen molar-refractivity contribution in [2.75, 3.05) is 44.7 Å². The van der Waals surface area contributed by atoms with Crippen LogP contribution in [0.25, 0.3) is 0 Å². The van der Waals surface area contributed by atoms with Gasteiger partial charge >= 0.3 is 0 Å². The fraction of sp³-hybridized carbons (Fsp3) is 0.500. The second-order valence-corrected chi connectivity index (χ2v) is 8.20. The molecule has 0 aromatic carbocycles. The molecule has 2 aromatic heterocycles. The first-order chi connectivity index (χ1) is 11.8. The molecule has 1 saturated heterocycles. The lowest BCUT2D eigenvalue weighted by Gasteiger charge is -2.37. The lowest BCUT2D eigenvalue weighted by atomic mass is 10.1. The van der Waals surface area contributed by atoms with Crippen molar-refractivity contribution in [2.45, 2.75) is 13.3 Å². The molecule has 0 saturated carbocycles. The fourth-order valence-corrected chi connectivity index (χ4v) is 4.69. The van der Waals surface area contributed by atoms with Gasteiger partial charge in [-0.05, 0) is 41.3 Å². The Hall–Kier alpha value is -1.53. The Bertz CT molecular complexity index is 614. The van der Waals surface area contributed by atoms with Crippen LogP contribution in [0.4, 0.5) is 5.00 Å². The molecule has 1 atom stereocenters. The minimum atomic E-state index is 0.604. The molecule has 2 aromatic rings. The average molecular weight is 363 g/mol. The van der Waals surface area contributed by atoms with Gasteiger partial charge in [0, 0.05) is 44.6 Å². The van der Waals surface area contributed by atoms with Crippen LogP contribution in [0.15, 0.2) is 40.0 Å². The van der Waals surface area contributed by atoms with Crippen molar-refractivity contribution < 1.29 is 0 Å². The lowest BCUT2D eigenvalue weighted by Crippen LogP contribution is -2.53. The van der Waals surface area contributed by atoms with Crippen molar-refractivity contribution in [3.8, 4) is 0 Å². The van der Waals surface area contributed by atoms with Gasteiger partial charge in [-0.15, -0.1) is 22.7 Å². The molecule has 4 nitrogen and oxygen atoms in total. The average Bonchev–Trinajstić information content (AvgIpc) is 3.29. The highest BCUT2D eigenvalue weighted by Gasteiger charge is 2.20. The van der Waals surface area contributed by atoms with E-state index in [1.165, 1.54) is 9.88 Å². The van der Waals surface area contributed by atoms with E-state index in [-0.39, 0.29) is 0 Å². The zero-order valence-electron chi connectivity index (χ0n) is 14.4. The van der Waals surface area contributed by atoms with E-state index in [0.717, 1.165) is 45.1 Å². The highest BCUT2D eigenvalue weighted by molar-refractivity contribution is 7.14. The monoisotopic (exact) mass is 362 g/mol. The van der Waals surface area contributed by atoms with Crippen LogP contribution in [-0.2, 0) is 6.42 Å². The van der Waals surface area contributed by atoms with E-state index >= 15 is 0 Å². The predicted molar refractivity (Wildman–Crippen MR) is 107 cm³/mol. The Kier molecular flexibility index (Phi) is 6.15. The molecule has 0 aliphatic carbocycles. The Morgan fingerprint density at radius 3 is 2.54 bits per heavy atom. The van der Waals surface area contributed by atoms with E-state index in [2.05, 4.69) is 62.1 Å². The molecule has 1 aliphatic heterocycles. The number of rotatable bonds is 5. The molecule has 0 radical (unpaired) electrons. The van der Waals surface area contributed by atoms with Gasteiger partial charge < -0.3 is 15.1 Å². The Morgan fingerprint density at radius 1 is 1.17 bits per heavy atom. The second-order valence-electron chi connectivity index (χ2n) is 6.24. The van der Waals surface area contributed by atoms with Gasteiger partial charge in [-0.2, -0.15) is 0 Å². The van der Waals surface area contributed by atoms with Gasteiger partial charge in [-0.3, -0.25) is 4.99 Å². The molecule has 0 amide bonds. The summed E-state index contributed by atoms with van der Waals surface area (Å²) >= 11 is 3.67. The first kappa shape index (κ1) is 17.3. The van der Waals surface area contributed by atoms with Crippen LogP contribution in [0.2, 0.25) is 0 Å². The summed E-state index contributed by atoms with van der Waals surface area (Å²) < 4.78 is 0. The molecular formula is C18H26N4S2. The summed E-state index contributed by atoms with van der Waals surface area (Å²) in [6.07, 6.45) is 1.13. The van der Waals surface area contributed by atoms with Gasteiger partial charge in [-0.25, -0.2) is 0 Å². The highest BCUT2D eigenvalue weighted by Crippen LogP contribution is 2.22. The van der Waals surface area contributed by atoms with E-state index in [1.54, 1.807) is 0 Å². The maximum Gasteiger partial charge on any atom is 0.193 e. The SMILES string of the molecule is CN=C(NCC(C)Cc1cccs1)N1CCN(c2cccs2)CC1. The van der Waals surface area contributed by atoms with Gasteiger partial charge in [0.2, 0.25) is 0 Å². The van der Waals surface area contributed by atoms with Crippen molar-refractivity contribution in [2.24, 2.45) is 10.9 Å². The number of nitrogens with one attached hydrogen (secondary N) is 1. The van der Waals surface area contributed by atoms with Crippen molar-refractivity contribution in [1.29, 1.82) is 0 Å². The minimum Gasteiger partial charge on any atom is -0.360 e. The highest BCUT2D eigenvalue weighted by atomic mass is 32.1. The molecule has 3 heterocycles. The molecule has 1 unspecified atom stereocenters. The molecular weight excluding hydrogens is 336 g/mol. The maximum absolute atomic E-state index is 4.49. The van der Waals surface area contributed by atoms with E-state index in [4.69, 9.17) is 0 Å². The van der Waals surface area contributed by atoms with Crippen LogP contribution in [0, 0.1) is 5.92 Å². The number of piperazine rings is 1. The van der Waals surface area contributed by atoms with Gasteiger partial charge in [0.25, 0.3) is 0 Å². The molecule has 0 spiro atoms. The lowest BCUT2D eigenvalue weighted by molar-refractivity contribution is 0.370. The second kappa shape index (κ2) is 8.53. The molecule has 24 heavy (non-hydrogen) atoms. The van der Waals surface area contributed by atoms with E-state index in [9.17, 15) is 0 Å². The number of thiophene rings is 2. The first-order valence-electron chi connectivity index (χ1n) is 8.52. The van der Waals surface area contributed by atoms with Crippen LogP contribution < -0.4 is 10.2 Å². The summed E-state index contributed by atoms with van der Waals surface area (Å²) in [5.41, 5.74) is 0. The summed E-state index contributed by atoms with van der Waals surface area (Å²) in [4.78, 5) is 10.8. The predicted octanol–water partition coefficient (Wildman–Crippen LogP) is 3.39. The Balaban J connectivity index is 1.45. The number of hydrogen-bond donors (Lipinski definition) is 1. The van der Waals surface area contributed by atoms with Crippen LogP contribution >= 0.6 is 22.7 Å². The number of anilines is 1. The van der Waals surface area contributed by atoms with E-state index in [0.29, 0.717) is 5.92 Å². The molecule has 3 rings (SSSR count). The summed E-state index contributed by atoms with van der Waals surface area (Å²) in [7, 11) is 1.89. The quantitative estimate of drug-likeness (QED) is 0.653. The number of hydrogen-bond acceptors (Lipinski definition) is 4. The van der Waals surface area contributed by atoms with Crippen LogP contribution in [0.5, 0.6) is 0 Å². The Morgan fingerprint density at radius 2 is 1.92 bits per heavy atom. The molecule has 130 valence electrons. The summed E-state index contributed by atoms with van der Waals surface area (Å²) in [5, 5.41) is 9.25. The van der Waals surface area contributed by atoms with Crippen molar-refractivity contribution in [3.63, 3.8) is 0 Å². The standard InChI is InChI=1S/C18H26N4S2/c1-15(13-16-5-3-11-23-16)14-20-18(19-2)22-9-7-21(8-10-22)17-6-4-12-24-17/h3-6,11-12,15H,7-10,13-14H2,1-2H3,(H,19,20). The smallest absolute Gasteiger partial charge is 0.193 e. The van der Waals surface area contributed by atoms with Crippen LogP contribution in [0.1, 0.15) is 11.8 Å². The Labute approximate surface area is 152 Å². The van der Waals surface area contributed by atoms with E-state index < -0.39 is 0 Å². The molecule has 1 aliphatic rings. The third-order valence-electron chi connectivity index (χ3n) is 4.35. The zero-order valence-corrected chi connectivity index (χ0v) is 16.1. The minimum absolute atomic E-state index is 0.604. The summed E-state index contributed by atoms with van der Waals surface area (Å²) in [6.45, 7) is 7.44.